The van der Waals surface area contributed by atoms with E-state index in [9.17, 15) is 14.0 Å². The molecule has 2 aromatic rings. The normalized spacial score (nSPS) is 19.1. The van der Waals surface area contributed by atoms with Crippen molar-refractivity contribution in [2.45, 2.75) is 39.7 Å². The Morgan fingerprint density at radius 3 is 2.58 bits per heavy atom. The summed E-state index contributed by atoms with van der Waals surface area (Å²) in [7, 11) is 0. The molecule has 2 amide bonds. The maximum Gasteiger partial charge on any atom is 0.262 e. The van der Waals surface area contributed by atoms with Crippen LogP contribution in [0.2, 0.25) is 0 Å². The molecule has 0 spiro atoms. The van der Waals surface area contributed by atoms with Crippen molar-refractivity contribution < 1.29 is 28.2 Å². The Bertz CT molecular complexity index is 1270. The average Bonchev–Trinajstić information content (AvgIpc) is 3.58. The molecule has 0 bridgehead atoms. The monoisotopic (exact) mass is 552 g/mol. The van der Waals surface area contributed by atoms with Crippen LogP contribution in [0.15, 0.2) is 47.6 Å². The third-order valence-electron chi connectivity index (χ3n) is 7.28. The third kappa shape index (κ3) is 6.62. The number of benzene rings is 2. The summed E-state index contributed by atoms with van der Waals surface area (Å²) in [4.78, 5) is 31.2. The van der Waals surface area contributed by atoms with Crippen LogP contribution in [-0.2, 0) is 14.3 Å². The van der Waals surface area contributed by atoms with Crippen molar-refractivity contribution in [3.05, 3.63) is 59.4 Å². The highest BCUT2D eigenvalue weighted by Crippen LogP contribution is 2.39. The van der Waals surface area contributed by atoms with Gasteiger partial charge < -0.3 is 19.1 Å². The number of halogens is 1. The average molecular weight is 553 g/mol. The van der Waals surface area contributed by atoms with Crippen LogP contribution >= 0.6 is 0 Å². The van der Waals surface area contributed by atoms with E-state index in [0.717, 1.165) is 18.7 Å². The van der Waals surface area contributed by atoms with Gasteiger partial charge in [-0.1, -0.05) is 45.0 Å². The van der Waals surface area contributed by atoms with Crippen LogP contribution in [0.25, 0.3) is 0 Å². The van der Waals surface area contributed by atoms with Crippen LogP contribution in [0.1, 0.15) is 50.8 Å². The molecule has 40 heavy (non-hydrogen) atoms. The number of carbonyl (C=O) groups excluding carboxylic acids is 2. The fourth-order valence-corrected chi connectivity index (χ4v) is 5.16. The molecule has 5 rings (SSSR count). The second-order valence-corrected chi connectivity index (χ2v) is 11.6. The number of morpholine rings is 1. The largest absolute Gasteiger partial charge is 0.454 e. The molecule has 1 saturated heterocycles. The van der Waals surface area contributed by atoms with Crippen LogP contribution in [0.4, 0.5) is 4.39 Å². The molecule has 0 saturated carbocycles. The maximum atomic E-state index is 14.7. The lowest BCUT2D eigenvalue weighted by Gasteiger charge is -2.32. The van der Waals surface area contributed by atoms with Crippen molar-refractivity contribution in [2.24, 2.45) is 10.5 Å². The van der Waals surface area contributed by atoms with Crippen LogP contribution in [0.3, 0.4) is 0 Å². The van der Waals surface area contributed by atoms with Gasteiger partial charge in [-0.3, -0.25) is 14.5 Å². The summed E-state index contributed by atoms with van der Waals surface area (Å²) in [5, 5.41) is 6.04. The lowest BCUT2D eigenvalue weighted by atomic mass is 9.91. The minimum atomic E-state index is -0.476. The number of hydrogen-bond donors (Lipinski definition) is 0. The molecule has 10 heteroatoms. The molecule has 214 valence electrons. The van der Waals surface area contributed by atoms with Gasteiger partial charge >= 0.3 is 0 Å². The zero-order valence-electron chi connectivity index (χ0n) is 23.4. The minimum absolute atomic E-state index is 0.0776. The van der Waals surface area contributed by atoms with Gasteiger partial charge in [-0.05, 0) is 29.2 Å². The van der Waals surface area contributed by atoms with Crippen molar-refractivity contribution in [2.75, 3.05) is 52.7 Å². The second kappa shape index (κ2) is 11.9. The van der Waals surface area contributed by atoms with Crippen LogP contribution in [0.5, 0.6) is 11.5 Å². The first-order chi connectivity index (χ1) is 19.2. The van der Waals surface area contributed by atoms with Gasteiger partial charge in [-0.15, -0.1) is 0 Å². The molecule has 1 fully saturated rings. The second-order valence-electron chi connectivity index (χ2n) is 11.6. The van der Waals surface area contributed by atoms with E-state index in [0.29, 0.717) is 61.9 Å². The van der Waals surface area contributed by atoms with Crippen molar-refractivity contribution >= 4 is 17.5 Å². The molecular weight excluding hydrogens is 515 g/mol. The smallest absolute Gasteiger partial charge is 0.262 e. The summed E-state index contributed by atoms with van der Waals surface area (Å²) in [6.07, 6.45) is 0.648. The quantitative estimate of drug-likeness (QED) is 0.495. The minimum Gasteiger partial charge on any atom is -0.454 e. The Kier molecular flexibility index (Phi) is 8.37. The first kappa shape index (κ1) is 28.0. The number of hydrazone groups is 1. The van der Waals surface area contributed by atoms with Crippen molar-refractivity contribution in [3.63, 3.8) is 0 Å². The van der Waals surface area contributed by atoms with E-state index in [1.807, 2.05) is 39.0 Å². The first-order valence-corrected chi connectivity index (χ1v) is 13.8. The van der Waals surface area contributed by atoms with Gasteiger partial charge in [0, 0.05) is 44.6 Å². The molecule has 0 aliphatic carbocycles. The van der Waals surface area contributed by atoms with Gasteiger partial charge in [0.15, 0.2) is 11.5 Å². The van der Waals surface area contributed by atoms with Gasteiger partial charge in [-0.25, -0.2) is 9.40 Å². The van der Waals surface area contributed by atoms with Crippen molar-refractivity contribution in [1.82, 2.24) is 14.8 Å². The third-order valence-corrected chi connectivity index (χ3v) is 7.28. The standard InChI is InChI=1S/C30H37FN4O5/c1-30(2,3)18-28(36)34(11-10-33-12-14-38-15-13-33)19-29(37)35-25(21-8-9-26-27(16-21)40-20-39-26)17-24(32-35)22-6-4-5-7-23(22)31/h4-9,16,25H,10-15,17-20H2,1-3H3. The van der Waals surface area contributed by atoms with E-state index in [1.165, 1.54) is 11.1 Å². The number of nitrogens with zero attached hydrogens (tertiary/aromatic N) is 4. The van der Waals surface area contributed by atoms with Gasteiger partial charge in [0.1, 0.15) is 12.4 Å². The lowest BCUT2D eigenvalue weighted by Crippen LogP contribution is -2.47. The van der Waals surface area contributed by atoms with Crippen molar-refractivity contribution in [1.29, 1.82) is 0 Å². The number of rotatable bonds is 8. The molecule has 3 aliphatic rings. The highest BCUT2D eigenvalue weighted by Gasteiger charge is 2.36. The highest BCUT2D eigenvalue weighted by atomic mass is 19.1. The number of fused-ring (bicyclic) bond motifs is 1. The molecule has 1 unspecified atom stereocenters. The Morgan fingerprint density at radius 2 is 1.82 bits per heavy atom. The first-order valence-electron chi connectivity index (χ1n) is 13.8. The van der Waals surface area contributed by atoms with Gasteiger partial charge in [0.25, 0.3) is 5.91 Å². The van der Waals surface area contributed by atoms with Gasteiger partial charge in [0.05, 0.1) is 25.0 Å². The predicted octanol–water partition coefficient (Wildman–Crippen LogP) is 3.83. The zero-order valence-corrected chi connectivity index (χ0v) is 23.4. The van der Waals surface area contributed by atoms with E-state index in [4.69, 9.17) is 14.2 Å². The Labute approximate surface area is 234 Å². The van der Waals surface area contributed by atoms with E-state index in [-0.39, 0.29) is 30.6 Å². The Balaban J connectivity index is 1.40. The Hall–Kier alpha value is -3.50. The molecule has 9 nitrogen and oxygen atoms in total. The topological polar surface area (TPSA) is 83.9 Å². The fraction of sp³-hybridized carbons (Fsp3) is 0.500. The molecular formula is C30H37FN4O5. The van der Waals surface area contributed by atoms with E-state index >= 15 is 0 Å². The summed E-state index contributed by atoms with van der Waals surface area (Å²) in [6.45, 7) is 10.0. The van der Waals surface area contributed by atoms with Crippen LogP contribution < -0.4 is 9.47 Å². The fourth-order valence-electron chi connectivity index (χ4n) is 5.16. The molecule has 1 atom stereocenters. The molecule has 3 aliphatic heterocycles. The summed E-state index contributed by atoms with van der Waals surface area (Å²) in [5.41, 5.74) is 1.41. The Morgan fingerprint density at radius 1 is 1.07 bits per heavy atom. The summed E-state index contributed by atoms with van der Waals surface area (Å²) >= 11 is 0. The van der Waals surface area contributed by atoms with Gasteiger partial charge in [-0.2, -0.15) is 5.10 Å². The number of ether oxygens (including phenoxy) is 3. The number of amides is 2. The molecule has 2 aromatic carbocycles. The predicted molar refractivity (Wildman–Crippen MR) is 148 cm³/mol. The van der Waals surface area contributed by atoms with E-state index < -0.39 is 11.9 Å². The summed E-state index contributed by atoms with van der Waals surface area (Å²) < 4.78 is 31.2. The van der Waals surface area contributed by atoms with Crippen LogP contribution in [-0.4, -0.2) is 85.1 Å². The van der Waals surface area contributed by atoms with Crippen LogP contribution in [0, 0.1) is 11.2 Å². The highest BCUT2D eigenvalue weighted by molar-refractivity contribution is 6.03. The summed E-state index contributed by atoms with van der Waals surface area (Å²) in [5.74, 6) is 0.436. The molecule has 3 heterocycles. The van der Waals surface area contributed by atoms with Gasteiger partial charge in [0.2, 0.25) is 12.7 Å². The SMILES string of the molecule is CC(C)(C)CC(=O)N(CCN1CCOCC1)CC(=O)N1N=C(c2ccccc2F)CC1c1ccc2c(c1)OCO2. The lowest BCUT2D eigenvalue weighted by molar-refractivity contribution is -0.142. The molecule has 0 radical (unpaired) electrons. The van der Waals surface area contributed by atoms with E-state index in [1.54, 1.807) is 23.1 Å². The summed E-state index contributed by atoms with van der Waals surface area (Å²) in [6, 6.07) is 11.5. The number of carbonyl (C=O) groups is 2. The van der Waals surface area contributed by atoms with Crippen molar-refractivity contribution in [3.8, 4) is 11.5 Å². The van der Waals surface area contributed by atoms with E-state index in [2.05, 4.69) is 10.0 Å². The molecule has 0 aromatic heterocycles. The maximum absolute atomic E-state index is 14.7. The number of hydrogen-bond acceptors (Lipinski definition) is 7. The molecule has 0 N–H and O–H groups in total. The zero-order chi connectivity index (χ0) is 28.3.